The van der Waals surface area contributed by atoms with Gasteiger partial charge in [-0.2, -0.15) is 0 Å². The molecule has 3 heteroatoms. The Bertz CT molecular complexity index is 2930. The molecule has 0 saturated heterocycles. The molecule has 0 fully saturated rings. The molecule has 0 atom stereocenters. The van der Waals surface area contributed by atoms with Gasteiger partial charge in [0.05, 0.1) is 0 Å². The molecular weight excluding hydrogens is 607 g/mol. The Hall–Kier alpha value is -6.71. The first-order valence-electron chi connectivity index (χ1n) is 16.9. The molecule has 0 aliphatic carbocycles. The summed E-state index contributed by atoms with van der Waals surface area (Å²) in [5, 5.41) is 12.2. The minimum absolute atomic E-state index is 0.653. The van der Waals surface area contributed by atoms with Gasteiger partial charge in [0.25, 0.3) is 0 Å². The van der Waals surface area contributed by atoms with Crippen molar-refractivity contribution >= 4 is 53.9 Å². The second-order valence-electron chi connectivity index (χ2n) is 12.8. The number of nitrogens with zero attached hydrogens (tertiary/aromatic N) is 3. The summed E-state index contributed by atoms with van der Waals surface area (Å²) in [4.78, 5) is 15.3. The van der Waals surface area contributed by atoms with E-state index >= 15 is 0 Å². The number of benzene rings is 9. The maximum absolute atomic E-state index is 5.15. The standard InChI is InChI=1S/C47H29N3/c1-2-13-32(14-3-1)45-48-46(34-22-21-30-11-4-5-15-33(30)29-34)50-47(49-45)44-28-27-43(36-17-8-9-18-39(36)44)38-20-10-19-37-41-24-23-31-12-6-7-16-35(31)40(41)25-26-42(37)38/h1-29H. The van der Waals surface area contributed by atoms with Crippen LogP contribution in [0.1, 0.15) is 0 Å². The summed E-state index contributed by atoms with van der Waals surface area (Å²) in [6.45, 7) is 0. The highest BCUT2D eigenvalue weighted by molar-refractivity contribution is 6.20. The first-order chi connectivity index (χ1) is 24.8. The Balaban J connectivity index is 1.17. The summed E-state index contributed by atoms with van der Waals surface area (Å²) in [5.74, 6) is 1.96. The predicted molar refractivity (Wildman–Crippen MR) is 209 cm³/mol. The molecule has 0 unspecified atom stereocenters. The molecule has 10 rings (SSSR count). The van der Waals surface area contributed by atoms with Gasteiger partial charge in [-0.25, -0.2) is 15.0 Å². The highest BCUT2D eigenvalue weighted by Crippen LogP contribution is 2.40. The molecular formula is C47H29N3. The van der Waals surface area contributed by atoms with E-state index in [1.54, 1.807) is 0 Å². The number of fused-ring (bicyclic) bond motifs is 7. The second kappa shape index (κ2) is 11.5. The Morgan fingerprint density at radius 3 is 1.58 bits per heavy atom. The number of rotatable bonds is 4. The third-order valence-electron chi connectivity index (χ3n) is 9.91. The van der Waals surface area contributed by atoms with Crippen LogP contribution in [0.5, 0.6) is 0 Å². The lowest BCUT2D eigenvalue weighted by Gasteiger charge is -2.15. The van der Waals surface area contributed by atoms with Crippen LogP contribution in [-0.4, -0.2) is 15.0 Å². The van der Waals surface area contributed by atoms with E-state index in [2.05, 4.69) is 158 Å². The Labute approximate surface area is 289 Å². The zero-order chi connectivity index (χ0) is 33.0. The number of hydrogen-bond acceptors (Lipinski definition) is 3. The average Bonchev–Trinajstić information content (AvgIpc) is 3.20. The van der Waals surface area contributed by atoms with Gasteiger partial charge >= 0.3 is 0 Å². The monoisotopic (exact) mass is 635 g/mol. The van der Waals surface area contributed by atoms with Crippen LogP contribution < -0.4 is 0 Å². The van der Waals surface area contributed by atoms with E-state index in [1.165, 1.54) is 48.8 Å². The molecule has 232 valence electrons. The highest BCUT2D eigenvalue weighted by Gasteiger charge is 2.17. The number of hydrogen-bond donors (Lipinski definition) is 0. The van der Waals surface area contributed by atoms with Gasteiger partial charge in [0.15, 0.2) is 17.5 Å². The summed E-state index contributed by atoms with van der Waals surface area (Å²) < 4.78 is 0. The summed E-state index contributed by atoms with van der Waals surface area (Å²) in [6, 6.07) is 62.3. The Morgan fingerprint density at radius 2 is 0.740 bits per heavy atom. The second-order valence-corrected chi connectivity index (χ2v) is 12.8. The van der Waals surface area contributed by atoms with Crippen molar-refractivity contribution in [2.75, 3.05) is 0 Å². The molecule has 9 aromatic carbocycles. The lowest BCUT2D eigenvalue weighted by Crippen LogP contribution is -2.01. The molecule has 0 saturated carbocycles. The molecule has 50 heavy (non-hydrogen) atoms. The molecule has 0 aliphatic heterocycles. The topological polar surface area (TPSA) is 38.7 Å². The van der Waals surface area contributed by atoms with Crippen LogP contribution in [0.4, 0.5) is 0 Å². The normalized spacial score (nSPS) is 11.6. The smallest absolute Gasteiger partial charge is 0.164 e. The molecule has 0 radical (unpaired) electrons. The van der Waals surface area contributed by atoms with Gasteiger partial charge < -0.3 is 0 Å². The van der Waals surface area contributed by atoms with Crippen molar-refractivity contribution in [2.24, 2.45) is 0 Å². The maximum atomic E-state index is 5.15. The van der Waals surface area contributed by atoms with Gasteiger partial charge in [-0.1, -0.05) is 164 Å². The van der Waals surface area contributed by atoms with Gasteiger partial charge in [-0.05, 0) is 77.1 Å². The van der Waals surface area contributed by atoms with Crippen LogP contribution in [0.2, 0.25) is 0 Å². The fraction of sp³-hybridized carbons (Fsp3) is 0. The average molecular weight is 636 g/mol. The van der Waals surface area contributed by atoms with Gasteiger partial charge in [-0.3, -0.25) is 0 Å². The quantitative estimate of drug-likeness (QED) is 0.181. The Kier molecular flexibility index (Phi) is 6.49. The first kappa shape index (κ1) is 28.3. The fourth-order valence-electron chi connectivity index (χ4n) is 7.49. The molecule has 0 amide bonds. The van der Waals surface area contributed by atoms with E-state index in [0.29, 0.717) is 17.5 Å². The van der Waals surface area contributed by atoms with Crippen molar-refractivity contribution in [2.45, 2.75) is 0 Å². The molecule has 0 spiro atoms. The van der Waals surface area contributed by atoms with E-state index in [4.69, 9.17) is 15.0 Å². The minimum Gasteiger partial charge on any atom is -0.208 e. The van der Waals surface area contributed by atoms with Crippen LogP contribution in [0.25, 0.3) is 99.2 Å². The zero-order valence-electron chi connectivity index (χ0n) is 27.1. The van der Waals surface area contributed by atoms with Crippen LogP contribution in [0.15, 0.2) is 176 Å². The zero-order valence-corrected chi connectivity index (χ0v) is 27.1. The fourth-order valence-corrected chi connectivity index (χ4v) is 7.49. The first-order valence-corrected chi connectivity index (χ1v) is 16.9. The lowest BCUT2D eigenvalue weighted by molar-refractivity contribution is 1.08. The van der Waals surface area contributed by atoms with E-state index in [9.17, 15) is 0 Å². The number of aromatic nitrogens is 3. The maximum Gasteiger partial charge on any atom is 0.164 e. The van der Waals surface area contributed by atoms with Crippen molar-refractivity contribution < 1.29 is 0 Å². The van der Waals surface area contributed by atoms with E-state index in [1.807, 2.05) is 18.2 Å². The largest absolute Gasteiger partial charge is 0.208 e. The lowest BCUT2D eigenvalue weighted by atomic mass is 9.89. The third kappa shape index (κ3) is 4.63. The van der Waals surface area contributed by atoms with E-state index in [-0.39, 0.29) is 0 Å². The molecule has 3 nitrogen and oxygen atoms in total. The van der Waals surface area contributed by atoms with E-state index < -0.39 is 0 Å². The molecule has 0 aliphatic rings. The molecule has 1 heterocycles. The van der Waals surface area contributed by atoms with Crippen molar-refractivity contribution in [3.05, 3.63) is 176 Å². The minimum atomic E-state index is 0.653. The van der Waals surface area contributed by atoms with Crippen LogP contribution in [0.3, 0.4) is 0 Å². The summed E-state index contributed by atoms with van der Waals surface area (Å²) in [6.07, 6.45) is 0. The Morgan fingerprint density at radius 1 is 0.240 bits per heavy atom. The summed E-state index contributed by atoms with van der Waals surface area (Å²) >= 11 is 0. The predicted octanol–water partition coefficient (Wildman–Crippen LogP) is 12.3. The summed E-state index contributed by atoms with van der Waals surface area (Å²) in [7, 11) is 0. The van der Waals surface area contributed by atoms with Gasteiger partial charge in [-0.15, -0.1) is 0 Å². The van der Waals surface area contributed by atoms with Gasteiger partial charge in [0.2, 0.25) is 0 Å². The van der Waals surface area contributed by atoms with Crippen LogP contribution in [0, 0.1) is 0 Å². The van der Waals surface area contributed by atoms with Gasteiger partial charge in [0, 0.05) is 16.7 Å². The van der Waals surface area contributed by atoms with Crippen molar-refractivity contribution in [1.29, 1.82) is 0 Å². The highest BCUT2D eigenvalue weighted by atomic mass is 15.0. The molecule has 0 N–H and O–H groups in total. The molecule has 10 aromatic rings. The van der Waals surface area contributed by atoms with Crippen LogP contribution in [-0.2, 0) is 0 Å². The van der Waals surface area contributed by atoms with Crippen LogP contribution >= 0.6 is 0 Å². The van der Waals surface area contributed by atoms with Gasteiger partial charge in [0.1, 0.15) is 0 Å². The van der Waals surface area contributed by atoms with Crippen molar-refractivity contribution in [1.82, 2.24) is 15.0 Å². The SMILES string of the molecule is c1ccc(-c2nc(-c3ccc4ccccc4c3)nc(-c3ccc(-c4cccc5c4ccc4c6ccccc6ccc54)c4ccccc34)n2)cc1. The van der Waals surface area contributed by atoms with Crippen molar-refractivity contribution in [3.63, 3.8) is 0 Å². The molecule has 0 bridgehead atoms. The van der Waals surface area contributed by atoms with Crippen molar-refractivity contribution in [3.8, 4) is 45.3 Å². The van der Waals surface area contributed by atoms with E-state index in [0.717, 1.165) is 32.8 Å². The molecule has 1 aromatic heterocycles. The third-order valence-corrected chi connectivity index (χ3v) is 9.91. The summed E-state index contributed by atoms with van der Waals surface area (Å²) in [5.41, 5.74) is 5.28.